The molecule has 0 amide bonds. The number of ether oxygens (including phenoxy) is 1. The molecule has 1 aromatic carbocycles. The summed E-state index contributed by atoms with van der Waals surface area (Å²) in [5.41, 5.74) is 0.231. The number of rotatable bonds is 5. The van der Waals surface area contributed by atoms with Crippen LogP contribution in [-0.2, 0) is 11.2 Å². The normalized spacial score (nSPS) is 21.2. The lowest BCUT2D eigenvalue weighted by Gasteiger charge is -2.14. The van der Waals surface area contributed by atoms with Crippen LogP contribution in [0.4, 0.5) is 8.78 Å². The number of hydrogen-bond acceptors (Lipinski definition) is 2. The Hall–Kier alpha value is -1.00. The molecule has 0 spiro atoms. The van der Waals surface area contributed by atoms with E-state index in [4.69, 9.17) is 4.74 Å². The van der Waals surface area contributed by atoms with Crippen molar-refractivity contribution >= 4 is 0 Å². The lowest BCUT2D eigenvalue weighted by Crippen LogP contribution is -2.15. The average molecular weight is 256 g/mol. The minimum atomic E-state index is -0.648. The van der Waals surface area contributed by atoms with Gasteiger partial charge in [-0.3, -0.25) is 0 Å². The zero-order valence-electron chi connectivity index (χ0n) is 10.2. The Bertz CT molecular complexity index is 389. The second kappa shape index (κ2) is 6.25. The molecule has 1 aromatic rings. The molecule has 0 saturated carbocycles. The topological polar surface area (TPSA) is 29.5 Å². The van der Waals surface area contributed by atoms with E-state index in [-0.39, 0.29) is 18.1 Å². The van der Waals surface area contributed by atoms with Crippen LogP contribution < -0.4 is 0 Å². The summed E-state index contributed by atoms with van der Waals surface area (Å²) in [6.07, 6.45) is 3.15. The summed E-state index contributed by atoms with van der Waals surface area (Å²) in [5, 5.41) is 9.83. The van der Waals surface area contributed by atoms with Crippen LogP contribution >= 0.6 is 0 Å². The zero-order valence-corrected chi connectivity index (χ0v) is 10.2. The third kappa shape index (κ3) is 3.75. The van der Waals surface area contributed by atoms with Gasteiger partial charge in [0, 0.05) is 13.0 Å². The van der Waals surface area contributed by atoms with Gasteiger partial charge in [-0.1, -0.05) is 0 Å². The Balaban J connectivity index is 1.82. The van der Waals surface area contributed by atoms with Crippen LogP contribution in [0.15, 0.2) is 18.2 Å². The summed E-state index contributed by atoms with van der Waals surface area (Å²) in [5.74, 6) is -0.940. The van der Waals surface area contributed by atoms with Crippen LogP contribution in [0.2, 0.25) is 0 Å². The van der Waals surface area contributed by atoms with Gasteiger partial charge in [-0.05, 0) is 49.4 Å². The monoisotopic (exact) mass is 256 g/mol. The second-order valence-corrected chi connectivity index (χ2v) is 4.81. The Morgan fingerprint density at radius 2 is 2.22 bits per heavy atom. The molecule has 100 valence electrons. The van der Waals surface area contributed by atoms with E-state index in [2.05, 4.69) is 0 Å². The molecule has 0 aromatic heterocycles. The molecule has 1 aliphatic rings. The third-order valence-corrected chi connectivity index (χ3v) is 3.31. The Morgan fingerprint density at radius 3 is 2.94 bits per heavy atom. The molecule has 1 N–H and O–H groups in total. The minimum Gasteiger partial charge on any atom is -0.393 e. The van der Waals surface area contributed by atoms with Crippen LogP contribution in [0.25, 0.3) is 0 Å². The van der Waals surface area contributed by atoms with Gasteiger partial charge in [0.15, 0.2) is 0 Å². The van der Waals surface area contributed by atoms with Crippen molar-refractivity contribution in [1.82, 2.24) is 0 Å². The van der Waals surface area contributed by atoms with Crippen molar-refractivity contribution in [3.8, 4) is 0 Å². The Kier molecular flexibility index (Phi) is 4.66. The second-order valence-electron chi connectivity index (χ2n) is 4.81. The van der Waals surface area contributed by atoms with Crippen LogP contribution in [-0.4, -0.2) is 23.9 Å². The molecular formula is C14H18F2O2. The van der Waals surface area contributed by atoms with Gasteiger partial charge in [0.1, 0.15) is 11.6 Å². The highest BCUT2D eigenvalue weighted by atomic mass is 19.1. The average Bonchev–Trinajstić information content (AvgIpc) is 2.84. The van der Waals surface area contributed by atoms with E-state index in [1.54, 1.807) is 0 Å². The van der Waals surface area contributed by atoms with E-state index < -0.39 is 17.7 Å². The summed E-state index contributed by atoms with van der Waals surface area (Å²) in [6, 6.07) is 3.32. The smallest absolute Gasteiger partial charge is 0.126 e. The van der Waals surface area contributed by atoms with Crippen LogP contribution in [0.1, 0.15) is 31.2 Å². The maximum absolute atomic E-state index is 13.4. The molecule has 2 rings (SSSR count). The van der Waals surface area contributed by atoms with Crippen molar-refractivity contribution in [3.05, 3.63) is 35.4 Å². The molecule has 4 heteroatoms. The number of aliphatic hydroxyl groups excluding tert-OH is 1. The maximum Gasteiger partial charge on any atom is 0.126 e. The minimum absolute atomic E-state index is 0.149. The Morgan fingerprint density at radius 1 is 1.39 bits per heavy atom. The van der Waals surface area contributed by atoms with Gasteiger partial charge in [-0.25, -0.2) is 8.78 Å². The van der Waals surface area contributed by atoms with Crippen molar-refractivity contribution < 1.29 is 18.6 Å². The van der Waals surface area contributed by atoms with Crippen molar-refractivity contribution in [2.24, 2.45) is 0 Å². The predicted molar refractivity (Wildman–Crippen MR) is 64.3 cm³/mol. The number of halogens is 2. The lowest BCUT2D eigenvalue weighted by atomic mass is 10.0. The van der Waals surface area contributed by atoms with Gasteiger partial charge in [-0.2, -0.15) is 0 Å². The molecule has 1 aliphatic heterocycles. The molecular weight excluding hydrogens is 238 g/mol. The third-order valence-electron chi connectivity index (χ3n) is 3.31. The first-order valence-corrected chi connectivity index (χ1v) is 6.39. The van der Waals surface area contributed by atoms with Crippen LogP contribution in [0.3, 0.4) is 0 Å². The molecule has 1 saturated heterocycles. The van der Waals surface area contributed by atoms with E-state index in [9.17, 15) is 13.9 Å². The van der Waals surface area contributed by atoms with Gasteiger partial charge in [-0.15, -0.1) is 0 Å². The number of aliphatic hydroxyl groups is 1. The molecule has 2 nitrogen and oxygen atoms in total. The summed E-state index contributed by atoms with van der Waals surface area (Å²) in [6.45, 7) is 0.791. The molecule has 2 unspecified atom stereocenters. The first kappa shape index (κ1) is 13.4. The van der Waals surface area contributed by atoms with Crippen molar-refractivity contribution in [1.29, 1.82) is 0 Å². The molecule has 0 radical (unpaired) electrons. The van der Waals surface area contributed by atoms with Crippen LogP contribution in [0, 0.1) is 11.6 Å². The lowest BCUT2D eigenvalue weighted by molar-refractivity contribution is 0.0811. The van der Waals surface area contributed by atoms with Crippen molar-refractivity contribution in [3.63, 3.8) is 0 Å². The van der Waals surface area contributed by atoms with Gasteiger partial charge in [0.25, 0.3) is 0 Å². The number of hydrogen-bond donors (Lipinski definition) is 1. The van der Waals surface area contributed by atoms with E-state index in [1.165, 1.54) is 0 Å². The summed E-state index contributed by atoms with van der Waals surface area (Å²) >= 11 is 0. The summed E-state index contributed by atoms with van der Waals surface area (Å²) in [4.78, 5) is 0. The van der Waals surface area contributed by atoms with E-state index >= 15 is 0 Å². The Labute approximate surface area is 106 Å². The standard InChI is InChI=1S/C14H18F2O2/c15-11-3-6-14(16)10(8-11)9-12(17)4-5-13-2-1-7-18-13/h3,6,8,12-13,17H,1-2,4-5,7,9H2. The predicted octanol–water partition coefficient (Wildman–Crippen LogP) is 2.83. The maximum atomic E-state index is 13.4. The zero-order chi connectivity index (χ0) is 13.0. The van der Waals surface area contributed by atoms with Gasteiger partial charge >= 0.3 is 0 Å². The molecule has 0 bridgehead atoms. The highest BCUT2D eigenvalue weighted by molar-refractivity contribution is 5.19. The van der Waals surface area contributed by atoms with Gasteiger partial charge < -0.3 is 9.84 Å². The number of benzene rings is 1. The van der Waals surface area contributed by atoms with Gasteiger partial charge in [0.2, 0.25) is 0 Å². The fourth-order valence-corrected chi connectivity index (χ4v) is 2.31. The highest BCUT2D eigenvalue weighted by Gasteiger charge is 2.18. The molecule has 0 aliphatic carbocycles. The molecule has 2 atom stereocenters. The fraction of sp³-hybridized carbons (Fsp3) is 0.571. The SMILES string of the molecule is OC(CCC1CCCO1)Cc1cc(F)ccc1F. The molecule has 1 fully saturated rings. The van der Waals surface area contributed by atoms with E-state index in [1.807, 2.05) is 0 Å². The summed E-state index contributed by atoms with van der Waals surface area (Å²) < 4.78 is 31.8. The van der Waals surface area contributed by atoms with Crippen LogP contribution in [0.5, 0.6) is 0 Å². The fourth-order valence-electron chi connectivity index (χ4n) is 2.31. The van der Waals surface area contributed by atoms with Crippen molar-refractivity contribution in [2.45, 2.75) is 44.3 Å². The highest BCUT2D eigenvalue weighted by Crippen LogP contribution is 2.19. The first-order valence-electron chi connectivity index (χ1n) is 6.39. The van der Waals surface area contributed by atoms with E-state index in [0.29, 0.717) is 6.42 Å². The molecule has 1 heterocycles. The largest absolute Gasteiger partial charge is 0.393 e. The van der Waals surface area contributed by atoms with Gasteiger partial charge in [0.05, 0.1) is 12.2 Å². The molecule has 18 heavy (non-hydrogen) atoms. The quantitative estimate of drug-likeness (QED) is 0.877. The summed E-state index contributed by atoms with van der Waals surface area (Å²) in [7, 11) is 0. The first-order chi connectivity index (χ1) is 8.65. The van der Waals surface area contributed by atoms with E-state index in [0.717, 1.165) is 44.1 Å². The van der Waals surface area contributed by atoms with Crippen molar-refractivity contribution in [2.75, 3.05) is 6.61 Å².